The van der Waals surface area contributed by atoms with Crippen LogP contribution in [0.4, 0.5) is 5.69 Å². The van der Waals surface area contributed by atoms with Gasteiger partial charge in [-0.3, -0.25) is 9.59 Å². The van der Waals surface area contributed by atoms with Gasteiger partial charge in [-0.15, -0.1) is 0 Å². The number of hydrogen-bond acceptors (Lipinski definition) is 3. The second kappa shape index (κ2) is 6.96. The van der Waals surface area contributed by atoms with E-state index in [0.717, 1.165) is 11.1 Å². The molecule has 0 aliphatic carbocycles. The van der Waals surface area contributed by atoms with Gasteiger partial charge in [-0.1, -0.05) is 23.8 Å². The summed E-state index contributed by atoms with van der Waals surface area (Å²) in [5.74, 6) is -0.779. The van der Waals surface area contributed by atoms with Gasteiger partial charge in [0.2, 0.25) is 5.91 Å². The van der Waals surface area contributed by atoms with Gasteiger partial charge in [0.05, 0.1) is 12.1 Å². The maximum Gasteiger partial charge on any atom is 0.257 e. The van der Waals surface area contributed by atoms with Crippen LogP contribution in [0.15, 0.2) is 42.5 Å². The standard InChI is InChI=1S/C18H20N2O3/c1-12-4-7-14(8-5-12)19-17(22)11-20(3)18(23)15-9-6-13(2)10-16(15)21/h4-10,21H,11H2,1-3H3,(H,19,22). The molecule has 0 unspecified atom stereocenters. The molecule has 2 aromatic carbocycles. The average Bonchev–Trinajstić information content (AvgIpc) is 2.49. The van der Waals surface area contributed by atoms with E-state index in [1.54, 1.807) is 24.3 Å². The molecule has 0 aliphatic heterocycles. The topological polar surface area (TPSA) is 69.6 Å². The maximum absolute atomic E-state index is 12.3. The van der Waals surface area contributed by atoms with Crippen molar-refractivity contribution in [2.75, 3.05) is 18.9 Å². The molecule has 5 heteroatoms. The van der Waals surface area contributed by atoms with Gasteiger partial charge in [0, 0.05) is 12.7 Å². The van der Waals surface area contributed by atoms with Crippen LogP contribution in [-0.2, 0) is 4.79 Å². The number of aromatic hydroxyl groups is 1. The Bertz CT molecular complexity index is 724. The van der Waals surface area contributed by atoms with E-state index in [4.69, 9.17) is 0 Å². The number of anilines is 1. The van der Waals surface area contributed by atoms with Gasteiger partial charge in [0.1, 0.15) is 5.75 Å². The molecule has 0 aromatic heterocycles. The number of aryl methyl sites for hydroxylation is 2. The minimum atomic E-state index is -0.401. The molecule has 2 amide bonds. The first-order valence-electron chi connectivity index (χ1n) is 7.28. The van der Waals surface area contributed by atoms with Gasteiger partial charge in [-0.05, 0) is 43.7 Å². The van der Waals surface area contributed by atoms with Crippen LogP contribution in [0, 0.1) is 13.8 Å². The van der Waals surface area contributed by atoms with E-state index in [2.05, 4.69) is 5.32 Å². The second-order valence-corrected chi connectivity index (χ2v) is 5.60. The number of rotatable bonds is 4. The largest absolute Gasteiger partial charge is 0.507 e. The van der Waals surface area contributed by atoms with Gasteiger partial charge in [0.25, 0.3) is 5.91 Å². The molecule has 120 valence electrons. The number of benzene rings is 2. The zero-order valence-corrected chi connectivity index (χ0v) is 13.5. The number of nitrogens with one attached hydrogen (secondary N) is 1. The smallest absolute Gasteiger partial charge is 0.257 e. The maximum atomic E-state index is 12.3. The van der Waals surface area contributed by atoms with E-state index >= 15 is 0 Å². The Labute approximate surface area is 135 Å². The fourth-order valence-electron chi connectivity index (χ4n) is 2.15. The van der Waals surface area contributed by atoms with E-state index < -0.39 is 5.91 Å². The third kappa shape index (κ3) is 4.32. The van der Waals surface area contributed by atoms with E-state index in [1.807, 2.05) is 26.0 Å². The summed E-state index contributed by atoms with van der Waals surface area (Å²) in [4.78, 5) is 25.6. The first-order valence-corrected chi connectivity index (χ1v) is 7.28. The Hall–Kier alpha value is -2.82. The Morgan fingerprint density at radius 1 is 1.04 bits per heavy atom. The van der Waals surface area contributed by atoms with E-state index in [9.17, 15) is 14.7 Å². The van der Waals surface area contributed by atoms with Crippen molar-refractivity contribution in [1.82, 2.24) is 4.90 Å². The number of likely N-dealkylation sites (N-methyl/N-ethyl adjacent to an activating group) is 1. The average molecular weight is 312 g/mol. The number of phenols is 1. The van der Waals surface area contributed by atoms with Crippen molar-refractivity contribution in [3.63, 3.8) is 0 Å². The summed E-state index contributed by atoms with van der Waals surface area (Å²) in [5.41, 5.74) is 2.82. The zero-order valence-electron chi connectivity index (χ0n) is 13.5. The molecular weight excluding hydrogens is 292 g/mol. The van der Waals surface area contributed by atoms with Crippen LogP contribution < -0.4 is 5.32 Å². The Balaban J connectivity index is 2.00. The molecule has 2 rings (SSSR count). The van der Waals surface area contributed by atoms with Gasteiger partial charge < -0.3 is 15.3 Å². The highest BCUT2D eigenvalue weighted by Gasteiger charge is 2.18. The summed E-state index contributed by atoms with van der Waals surface area (Å²) < 4.78 is 0. The van der Waals surface area contributed by atoms with Crippen molar-refractivity contribution in [2.45, 2.75) is 13.8 Å². The molecule has 0 saturated carbocycles. The van der Waals surface area contributed by atoms with Crippen LogP contribution in [0.2, 0.25) is 0 Å². The van der Waals surface area contributed by atoms with Crippen LogP contribution in [0.1, 0.15) is 21.5 Å². The molecule has 2 N–H and O–H groups in total. The summed E-state index contributed by atoms with van der Waals surface area (Å²) in [6, 6.07) is 12.2. The highest BCUT2D eigenvalue weighted by Crippen LogP contribution is 2.19. The summed E-state index contributed by atoms with van der Waals surface area (Å²) in [5, 5.41) is 12.6. The Morgan fingerprint density at radius 2 is 1.65 bits per heavy atom. The lowest BCUT2D eigenvalue weighted by atomic mass is 10.1. The number of carbonyl (C=O) groups is 2. The third-order valence-corrected chi connectivity index (χ3v) is 3.45. The molecule has 0 heterocycles. The van der Waals surface area contributed by atoms with Crippen LogP contribution >= 0.6 is 0 Å². The molecule has 5 nitrogen and oxygen atoms in total. The van der Waals surface area contributed by atoms with Crippen LogP contribution in [0.3, 0.4) is 0 Å². The molecule has 0 atom stereocenters. The summed E-state index contributed by atoms with van der Waals surface area (Å²) in [6.07, 6.45) is 0. The van der Waals surface area contributed by atoms with Crippen LogP contribution in [0.5, 0.6) is 5.75 Å². The van der Waals surface area contributed by atoms with E-state index in [1.165, 1.54) is 18.0 Å². The summed E-state index contributed by atoms with van der Waals surface area (Å²) in [7, 11) is 1.52. The van der Waals surface area contributed by atoms with Gasteiger partial charge in [-0.25, -0.2) is 0 Å². The molecule has 23 heavy (non-hydrogen) atoms. The normalized spacial score (nSPS) is 10.2. The number of amides is 2. The molecular formula is C18H20N2O3. The quantitative estimate of drug-likeness (QED) is 0.912. The zero-order chi connectivity index (χ0) is 17.0. The van der Waals surface area contributed by atoms with Gasteiger partial charge in [0.15, 0.2) is 0 Å². The molecule has 0 saturated heterocycles. The van der Waals surface area contributed by atoms with Crippen molar-refractivity contribution < 1.29 is 14.7 Å². The van der Waals surface area contributed by atoms with Crippen molar-refractivity contribution in [2.24, 2.45) is 0 Å². The molecule has 0 aliphatic rings. The number of nitrogens with zero attached hydrogens (tertiary/aromatic N) is 1. The SMILES string of the molecule is Cc1ccc(NC(=O)CN(C)C(=O)c2ccc(C)cc2O)cc1. The highest BCUT2D eigenvalue weighted by atomic mass is 16.3. The van der Waals surface area contributed by atoms with Gasteiger partial charge >= 0.3 is 0 Å². The monoisotopic (exact) mass is 312 g/mol. The molecule has 0 bridgehead atoms. The second-order valence-electron chi connectivity index (χ2n) is 5.60. The van der Waals surface area contributed by atoms with Crippen molar-refractivity contribution in [3.8, 4) is 5.75 Å². The number of hydrogen-bond donors (Lipinski definition) is 2. The summed E-state index contributed by atoms with van der Waals surface area (Å²) >= 11 is 0. The lowest BCUT2D eigenvalue weighted by molar-refractivity contribution is -0.116. The molecule has 0 spiro atoms. The minimum absolute atomic E-state index is 0.0826. The van der Waals surface area contributed by atoms with E-state index in [-0.39, 0.29) is 23.8 Å². The van der Waals surface area contributed by atoms with Crippen molar-refractivity contribution in [3.05, 3.63) is 59.2 Å². The van der Waals surface area contributed by atoms with Gasteiger partial charge in [-0.2, -0.15) is 0 Å². The van der Waals surface area contributed by atoms with E-state index in [0.29, 0.717) is 5.69 Å². The predicted octanol–water partition coefficient (Wildman–Crippen LogP) is 2.72. The van der Waals surface area contributed by atoms with Crippen LogP contribution in [0.25, 0.3) is 0 Å². The molecule has 2 aromatic rings. The Morgan fingerprint density at radius 3 is 2.26 bits per heavy atom. The predicted molar refractivity (Wildman–Crippen MR) is 89.6 cm³/mol. The number of phenolic OH excluding ortho intramolecular Hbond substituents is 1. The number of carbonyl (C=O) groups excluding carboxylic acids is 2. The molecule has 0 radical (unpaired) electrons. The van der Waals surface area contributed by atoms with Crippen molar-refractivity contribution >= 4 is 17.5 Å². The lowest BCUT2D eigenvalue weighted by Gasteiger charge is -2.17. The first kappa shape index (κ1) is 16.5. The summed E-state index contributed by atoms with van der Waals surface area (Å²) in [6.45, 7) is 3.69. The molecule has 0 fully saturated rings. The fourth-order valence-corrected chi connectivity index (χ4v) is 2.15. The third-order valence-electron chi connectivity index (χ3n) is 3.45. The highest BCUT2D eigenvalue weighted by molar-refractivity contribution is 6.00. The Kier molecular flexibility index (Phi) is 5.01. The first-order chi connectivity index (χ1) is 10.9. The minimum Gasteiger partial charge on any atom is -0.507 e. The lowest BCUT2D eigenvalue weighted by Crippen LogP contribution is -2.35. The van der Waals surface area contributed by atoms with Crippen LogP contribution in [-0.4, -0.2) is 35.4 Å². The fraction of sp³-hybridized carbons (Fsp3) is 0.222. The van der Waals surface area contributed by atoms with Crippen molar-refractivity contribution in [1.29, 1.82) is 0 Å².